The van der Waals surface area contributed by atoms with Gasteiger partial charge in [0.1, 0.15) is 11.4 Å². The first-order chi connectivity index (χ1) is 11.7. The Morgan fingerprint density at radius 1 is 1.28 bits per heavy atom. The molecule has 7 heteroatoms. The van der Waals surface area contributed by atoms with E-state index in [1.807, 2.05) is 46.8 Å². The monoisotopic (exact) mass is 343 g/mol. The molecule has 2 aromatic heterocycles. The van der Waals surface area contributed by atoms with E-state index in [0.29, 0.717) is 17.7 Å². The predicted molar refractivity (Wildman–Crippen MR) is 96.4 cm³/mol. The van der Waals surface area contributed by atoms with Crippen molar-refractivity contribution in [3.8, 4) is 11.3 Å². The Morgan fingerprint density at radius 3 is 2.52 bits per heavy atom. The van der Waals surface area contributed by atoms with Gasteiger partial charge >= 0.3 is 7.12 Å². The predicted octanol–water partition coefficient (Wildman–Crippen LogP) is 3.98. The molecule has 0 bridgehead atoms. The van der Waals surface area contributed by atoms with Gasteiger partial charge in [-0.2, -0.15) is 5.10 Å². The Morgan fingerprint density at radius 2 is 1.96 bits per heavy atom. The largest absolute Gasteiger partial charge is 0.525 e. The fourth-order valence-electron chi connectivity index (χ4n) is 2.70. The third-order valence-electron chi connectivity index (χ3n) is 4.93. The van der Waals surface area contributed by atoms with Crippen molar-refractivity contribution in [2.24, 2.45) is 0 Å². The van der Waals surface area contributed by atoms with E-state index in [-0.39, 0.29) is 0 Å². The summed E-state index contributed by atoms with van der Waals surface area (Å²) in [4.78, 5) is 4.11. The zero-order valence-electron chi connectivity index (χ0n) is 15.3. The van der Waals surface area contributed by atoms with Crippen LogP contribution in [0.3, 0.4) is 0 Å². The molecule has 1 saturated heterocycles. The van der Waals surface area contributed by atoms with Gasteiger partial charge in [0.15, 0.2) is 0 Å². The lowest BCUT2D eigenvalue weighted by Crippen LogP contribution is -2.41. The Bertz CT molecular complexity index is 771. The van der Waals surface area contributed by atoms with Crippen LogP contribution in [0.1, 0.15) is 45.9 Å². The molecule has 0 radical (unpaired) electrons. The average Bonchev–Trinajstić information content (AvgIpc) is 3.06. The molecule has 0 unspecified atom stereocenters. The van der Waals surface area contributed by atoms with Crippen molar-refractivity contribution in [3.63, 3.8) is 0 Å². The van der Waals surface area contributed by atoms with Crippen molar-refractivity contribution < 1.29 is 13.7 Å². The van der Waals surface area contributed by atoms with Crippen molar-refractivity contribution in [1.29, 1.82) is 0 Å². The fourth-order valence-corrected chi connectivity index (χ4v) is 2.70. The molecule has 25 heavy (non-hydrogen) atoms. The van der Waals surface area contributed by atoms with Crippen LogP contribution in [0.4, 0.5) is 4.39 Å². The maximum Gasteiger partial charge on any atom is 0.525 e. The fraction of sp³-hybridized carbons (Fsp3) is 0.444. The van der Waals surface area contributed by atoms with Crippen LogP contribution < -0.4 is 0 Å². The van der Waals surface area contributed by atoms with Crippen LogP contribution in [0, 0.1) is 0 Å². The van der Waals surface area contributed by atoms with Gasteiger partial charge in [-0.1, -0.05) is 6.92 Å². The summed E-state index contributed by atoms with van der Waals surface area (Å²) in [5.74, 6) is 0. The zero-order valence-corrected chi connectivity index (χ0v) is 15.3. The lowest BCUT2D eigenvalue weighted by Gasteiger charge is -2.32. The Balaban J connectivity index is 1.97. The topological polar surface area (TPSA) is 60.0 Å². The van der Waals surface area contributed by atoms with E-state index in [1.54, 1.807) is 12.4 Å². The number of hydrogen-bond donors (Lipinski definition) is 1. The molecule has 0 aromatic carbocycles. The number of halogens is 1. The van der Waals surface area contributed by atoms with E-state index in [4.69, 9.17) is 9.31 Å². The Labute approximate surface area is 147 Å². The van der Waals surface area contributed by atoms with Gasteiger partial charge in [-0.05, 0) is 52.3 Å². The summed E-state index contributed by atoms with van der Waals surface area (Å²) in [7, 11) is -1.02. The molecule has 2 aromatic rings. The highest BCUT2D eigenvalue weighted by molar-refractivity contribution is 6.54. The standard InChI is InChI=1S/C18H23BFN3O2/c1-6-14-13(16(23-22-14)12-8-7-9-21-11-12)10-15(20)19-24-17(2,3)18(4,5)25-19/h7-11H,6H2,1-5H3,(H,22,23). The van der Waals surface area contributed by atoms with E-state index >= 15 is 0 Å². The number of rotatable bonds is 4. The van der Waals surface area contributed by atoms with E-state index in [0.717, 1.165) is 11.3 Å². The van der Waals surface area contributed by atoms with Crippen LogP contribution in [-0.2, 0) is 15.7 Å². The molecule has 5 nitrogen and oxygen atoms in total. The summed E-state index contributed by atoms with van der Waals surface area (Å²) < 4.78 is 26.5. The third kappa shape index (κ3) is 3.26. The highest BCUT2D eigenvalue weighted by atomic mass is 19.1. The summed E-state index contributed by atoms with van der Waals surface area (Å²) in [5.41, 5.74) is 1.40. The van der Waals surface area contributed by atoms with Gasteiger partial charge < -0.3 is 9.31 Å². The van der Waals surface area contributed by atoms with Crippen LogP contribution in [0.25, 0.3) is 17.3 Å². The summed E-state index contributed by atoms with van der Waals surface area (Å²) in [6, 6.07) is 3.72. The maximum absolute atomic E-state index is 14.9. The SMILES string of the molecule is CCc1[nH]nc(-c2cccnc2)c1C=C(F)B1OC(C)(C)C(C)(C)O1. The van der Waals surface area contributed by atoms with Crippen LogP contribution in [0.15, 0.2) is 30.3 Å². The summed E-state index contributed by atoms with van der Waals surface area (Å²) in [6.45, 7) is 9.59. The number of H-pyrrole nitrogens is 1. The van der Waals surface area contributed by atoms with Crippen molar-refractivity contribution >= 4 is 13.2 Å². The van der Waals surface area contributed by atoms with Gasteiger partial charge in [-0.3, -0.25) is 10.1 Å². The molecule has 132 valence electrons. The van der Waals surface area contributed by atoms with Crippen molar-refractivity contribution in [3.05, 3.63) is 41.5 Å². The number of aromatic amines is 1. The Kier molecular flexibility index (Phi) is 4.55. The van der Waals surface area contributed by atoms with Crippen molar-refractivity contribution in [2.45, 2.75) is 52.2 Å². The van der Waals surface area contributed by atoms with Gasteiger partial charge in [0.2, 0.25) is 0 Å². The first-order valence-electron chi connectivity index (χ1n) is 8.45. The minimum absolute atomic E-state index is 0.472. The summed E-state index contributed by atoms with van der Waals surface area (Å²) in [5, 5.41) is 7.32. The van der Waals surface area contributed by atoms with E-state index in [2.05, 4.69) is 15.2 Å². The molecular weight excluding hydrogens is 320 g/mol. The minimum Gasteiger partial charge on any atom is -0.398 e. The van der Waals surface area contributed by atoms with Crippen LogP contribution in [0.5, 0.6) is 0 Å². The lowest BCUT2D eigenvalue weighted by atomic mass is 9.86. The van der Waals surface area contributed by atoms with Gasteiger partial charge in [0.05, 0.1) is 11.2 Å². The molecule has 1 fully saturated rings. The number of aryl methyl sites for hydroxylation is 1. The van der Waals surface area contributed by atoms with Gasteiger partial charge in [0, 0.05) is 29.2 Å². The second kappa shape index (κ2) is 6.39. The second-order valence-electron chi connectivity index (χ2n) is 7.18. The molecule has 0 aliphatic carbocycles. The van der Waals surface area contributed by atoms with Crippen molar-refractivity contribution in [2.75, 3.05) is 0 Å². The highest BCUT2D eigenvalue weighted by Crippen LogP contribution is 2.39. The first-order valence-corrected chi connectivity index (χ1v) is 8.45. The van der Waals surface area contributed by atoms with Crippen LogP contribution >= 0.6 is 0 Å². The average molecular weight is 343 g/mol. The molecule has 3 rings (SSSR count). The van der Waals surface area contributed by atoms with Crippen LogP contribution in [0.2, 0.25) is 0 Å². The van der Waals surface area contributed by atoms with Gasteiger partial charge in [-0.25, -0.2) is 4.39 Å². The van der Waals surface area contributed by atoms with Crippen LogP contribution in [-0.4, -0.2) is 33.5 Å². The molecule has 3 heterocycles. The molecule has 1 aliphatic heterocycles. The molecule has 0 spiro atoms. The van der Waals surface area contributed by atoms with E-state index in [1.165, 1.54) is 6.08 Å². The van der Waals surface area contributed by atoms with E-state index < -0.39 is 24.0 Å². The number of nitrogens with one attached hydrogen (secondary N) is 1. The zero-order chi connectivity index (χ0) is 18.2. The molecule has 1 aliphatic rings. The third-order valence-corrected chi connectivity index (χ3v) is 4.93. The number of pyridine rings is 1. The van der Waals surface area contributed by atoms with Gasteiger partial charge in [-0.15, -0.1) is 0 Å². The molecule has 0 amide bonds. The van der Waals surface area contributed by atoms with E-state index in [9.17, 15) is 4.39 Å². The smallest absolute Gasteiger partial charge is 0.398 e. The molecule has 1 N–H and O–H groups in total. The summed E-state index contributed by atoms with van der Waals surface area (Å²) >= 11 is 0. The Hall–Kier alpha value is -1.99. The minimum atomic E-state index is -1.02. The lowest BCUT2D eigenvalue weighted by molar-refractivity contribution is 0.00578. The number of hydrogen-bond acceptors (Lipinski definition) is 4. The maximum atomic E-state index is 14.9. The number of nitrogens with zero attached hydrogens (tertiary/aromatic N) is 2. The first kappa shape index (κ1) is 17.8. The number of aromatic nitrogens is 3. The molecular formula is C18H23BFN3O2. The second-order valence-corrected chi connectivity index (χ2v) is 7.18. The molecule has 0 atom stereocenters. The molecule has 0 saturated carbocycles. The summed E-state index contributed by atoms with van der Waals surface area (Å²) in [6.07, 6.45) is 5.56. The van der Waals surface area contributed by atoms with Gasteiger partial charge in [0.25, 0.3) is 0 Å². The normalized spacial score (nSPS) is 19.4. The quantitative estimate of drug-likeness (QED) is 0.853. The van der Waals surface area contributed by atoms with Crippen molar-refractivity contribution in [1.82, 2.24) is 15.2 Å². The highest BCUT2D eigenvalue weighted by Gasteiger charge is 2.53.